The Morgan fingerprint density at radius 2 is 1.96 bits per heavy atom. The molecule has 0 unspecified atom stereocenters. The molecule has 1 heterocycles. The maximum Gasteiger partial charge on any atom is 0.270 e. The number of carbonyl (C=O) groups excluding carboxylic acids is 1. The highest BCUT2D eigenvalue weighted by Crippen LogP contribution is 2.24. The lowest BCUT2D eigenvalue weighted by Gasteiger charge is -2.23. The van der Waals surface area contributed by atoms with Crippen LogP contribution in [0.4, 0.5) is 11.5 Å². The van der Waals surface area contributed by atoms with E-state index in [0.29, 0.717) is 18.1 Å². The summed E-state index contributed by atoms with van der Waals surface area (Å²) in [6.07, 6.45) is 2.01. The number of nitrogens with one attached hydrogen (secondary N) is 1. The molecule has 0 bridgehead atoms. The van der Waals surface area contributed by atoms with Gasteiger partial charge in [-0.1, -0.05) is 25.5 Å². The van der Waals surface area contributed by atoms with Crippen molar-refractivity contribution >= 4 is 17.4 Å². The van der Waals surface area contributed by atoms with Gasteiger partial charge in [-0.15, -0.1) is 0 Å². The van der Waals surface area contributed by atoms with Gasteiger partial charge in [0, 0.05) is 24.8 Å². The Morgan fingerprint density at radius 1 is 1.17 bits per heavy atom. The summed E-state index contributed by atoms with van der Waals surface area (Å²) in [5.74, 6) is 1.20. The monoisotopic (exact) mass is 326 g/mol. The average molecular weight is 326 g/mol. The van der Waals surface area contributed by atoms with Crippen molar-refractivity contribution in [3.63, 3.8) is 0 Å². The van der Waals surface area contributed by atoms with Crippen molar-refractivity contribution in [1.82, 2.24) is 15.3 Å². The SMILES string of the molecule is CCCCNC(=O)c1cc(N(CC)c2cccc(C)c2)nc(C)n1. The summed E-state index contributed by atoms with van der Waals surface area (Å²) in [7, 11) is 0. The van der Waals surface area contributed by atoms with Gasteiger partial charge in [-0.05, 0) is 44.9 Å². The number of hydrogen-bond donors (Lipinski definition) is 1. The topological polar surface area (TPSA) is 58.1 Å². The van der Waals surface area contributed by atoms with Crippen LogP contribution in [0.5, 0.6) is 0 Å². The van der Waals surface area contributed by atoms with E-state index in [9.17, 15) is 4.79 Å². The lowest BCUT2D eigenvalue weighted by atomic mass is 10.2. The molecule has 5 heteroatoms. The van der Waals surface area contributed by atoms with Crippen LogP contribution in [0.3, 0.4) is 0 Å². The van der Waals surface area contributed by atoms with Gasteiger partial charge in [0.1, 0.15) is 17.3 Å². The fraction of sp³-hybridized carbons (Fsp3) is 0.421. The summed E-state index contributed by atoms with van der Waals surface area (Å²) in [4.78, 5) is 23.2. The van der Waals surface area contributed by atoms with Crippen LogP contribution in [0.15, 0.2) is 30.3 Å². The molecule has 1 amide bonds. The van der Waals surface area contributed by atoms with Crippen LogP contribution in [0.2, 0.25) is 0 Å². The van der Waals surface area contributed by atoms with Crippen molar-refractivity contribution in [2.75, 3.05) is 18.0 Å². The molecule has 0 aliphatic carbocycles. The Kier molecular flexibility index (Phi) is 6.29. The van der Waals surface area contributed by atoms with Crippen molar-refractivity contribution in [3.8, 4) is 0 Å². The molecule has 0 spiro atoms. The van der Waals surface area contributed by atoms with E-state index in [4.69, 9.17) is 0 Å². The first-order valence-electron chi connectivity index (χ1n) is 8.53. The lowest BCUT2D eigenvalue weighted by molar-refractivity contribution is 0.0948. The van der Waals surface area contributed by atoms with Gasteiger partial charge in [0.05, 0.1) is 0 Å². The second kappa shape index (κ2) is 8.43. The molecular weight excluding hydrogens is 300 g/mol. The summed E-state index contributed by atoms with van der Waals surface area (Å²) in [6, 6.07) is 10.0. The predicted octanol–water partition coefficient (Wildman–Crippen LogP) is 3.78. The zero-order valence-corrected chi connectivity index (χ0v) is 15.0. The molecule has 1 aromatic heterocycles. The number of carbonyl (C=O) groups is 1. The number of nitrogens with zero attached hydrogens (tertiary/aromatic N) is 3. The van der Waals surface area contributed by atoms with E-state index in [2.05, 4.69) is 59.2 Å². The molecule has 128 valence electrons. The van der Waals surface area contributed by atoms with Gasteiger partial charge in [0.15, 0.2) is 0 Å². The van der Waals surface area contributed by atoms with E-state index in [-0.39, 0.29) is 5.91 Å². The van der Waals surface area contributed by atoms with Gasteiger partial charge in [0.25, 0.3) is 5.91 Å². The number of hydrogen-bond acceptors (Lipinski definition) is 4. The standard InChI is InChI=1S/C19H26N4O/c1-5-7-11-20-19(24)17-13-18(22-15(4)21-17)23(6-2)16-10-8-9-14(3)12-16/h8-10,12-13H,5-7,11H2,1-4H3,(H,20,24). The Bertz CT molecular complexity index is 700. The number of aryl methyl sites for hydroxylation is 2. The van der Waals surface area contributed by atoms with E-state index in [1.54, 1.807) is 6.07 Å². The van der Waals surface area contributed by atoms with Crippen LogP contribution in [0, 0.1) is 13.8 Å². The molecule has 0 aliphatic heterocycles. The first kappa shape index (κ1) is 17.9. The highest BCUT2D eigenvalue weighted by Gasteiger charge is 2.15. The highest BCUT2D eigenvalue weighted by molar-refractivity contribution is 5.93. The largest absolute Gasteiger partial charge is 0.351 e. The number of rotatable bonds is 7. The maximum atomic E-state index is 12.3. The number of amides is 1. The fourth-order valence-electron chi connectivity index (χ4n) is 2.55. The second-order valence-electron chi connectivity index (χ2n) is 5.85. The summed E-state index contributed by atoms with van der Waals surface area (Å²) < 4.78 is 0. The Morgan fingerprint density at radius 3 is 2.62 bits per heavy atom. The van der Waals surface area contributed by atoms with Gasteiger partial charge in [-0.25, -0.2) is 9.97 Å². The third-order valence-corrected chi connectivity index (χ3v) is 3.78. The van der Waals surface area contributed by atoms with Crippen molar-refractivity contribution in [2.24, 2.45) is 0 Å². The highest BCUT2D eigenvalue weighted by atomic mass is 16.1. The van der Waals surface area contributed by atoms with E-state index >= 15 is 0 Å². The van der Waals surface area contributed by atoms with Crippen molar-refractivity contribution < 1.29 is 4.79 Å². The number of aromatic nitrogens is 2. The molecule has 0 radical (unpaired) electrons. The number of unbranched alkanes of at least 4 members (excludes halogenated alkanes) is 1. The molecule has 0 saturated heterocycles. The zero-order valence-electron chi connectivity index (χ0n) is 15.0. The minimum atomic E-state index is -0.143. The van der Waals surface area contributed by atoms with Crippen molar-refractivity contribution in [2.45, 2.75) is 40.5 Å². The van der Waals surface area contributed by atoms with E-state index < -0.39 is 0 Å². The molecule has 2 aromatic rings. The van der Waals surface area contributed by atoms with Gasteiger partial charge < -0.3 is 10.2 Å². The molecule has 24 heavy (non-hydrogen) atoms. The number of anilines is 2. The molecule has 1 N–H and O–H groups in total. The molecular formula is C19H26N4O. The third kappa shape index (κ3) is 4.54. The van der Waals surface area contributed by atoms with Gasteiger partial charge in [-0.2, -0.15) is 0 Å². The first-order chi connectivity index (χ1) is 11.5. The fourth-order valence-corrected chi connectivity index (χ4v) is 2.55. The summed E-state index contributed by atoms with van der Waals surface area (Å²) in [6.45, 7) is 9.48. The normalized spacial score (nSPS) is 10.5. The second-order valence-corrected chi connectivity index (χ2v) is 5.85. The van der Waals surface area contributed by atoms with Crippen LogP contribution >= 0.6 is 0 Å². The zero-order chi connectivity index (χ0) is 17.5. The van der Waals surface area contributed by atoms with Crippen LogP contribution in [-0.4, -0.2) is 29.0 Å². The summed E-state index contributed by atoms with van der Waals surface area (Å²) in [5.41, 5.74) is 2.67. The molecule has 0 aliphatic rings. The van der Waals surface area contributed by atoms with E-state index in [0.717, 1.165) is 30.9 Å². The minimum Gasteiger partial charge on any atom is -0.351 e. The van der Waals surface area contributed by atoms with Crippen molar-refractivity contribution in [3.05, 3.63) is 47.4 Å². The smallest absolute Gasteiger partial charge is 0.270 e. The Labute approximate surface area is 144 Å². The molecule has 0 fully saturated rings. The van der Waals surface area contributed by atoms with Gasteiger partial charge in [0.2, 0.25) is 0 Å². The molecule has 1 aromatic carbocycles. The van der Waals surface area contributed by atoms with E-state index in [1.807, 2.05) is 13.0 Å². The van der Waals surface area contributed by atoms with Crippen LogP contribution in [0.25, 0.3) is 0 Å². The first-order valence-corrected chi connectivity index (χ1v) is 8.53. The summed E-state index contributed by atoms with van der Waals surface area (Å²) in [5, 5.41) is 2.91. The molecule has 0 saturated carbocycles. The Balaban J connectivity index is 2.30. The average Bonchev–Trinajstić information content (AvgIpc) is 2.55. The number of benzene rings is 1. The molecule has 0 atom stereocenters. The quantitative estimate of drug-likeness (QED) is 0.787. The van der Waals surface area contributed by atoms with Crippen LogP contribution < -0.4 is 10.2 Å². The summed E-state index contributed by atoms with van der Waals surface area (Å²) >= 11 is 0. The van der Waals surface area contributed by atoms with Crippen molar-refractivity contribution in [1.29, 1.82) is 0 Å². The lowest BCUT2D eigenvalue weighted by Crippen LogP contribution is -2.26. The molecule has 2 rings (SSSR count). The van der Waals surface area contributed by atoms with Gasteiger partial charge in [-0.3, -0.25) is 4.79 Å². The van der Waals surface area contributed by atoms with Crippen LogP contribution in [0.1, 0.15) is 48.6 Å². The van der Waals surface area contributed by atoms with E-state index in [1.165, 1.54) is 5.56 Å². The Hall–Kier alpha value is -2.43. The maximum absolute atomic E-state index is 12.3. The third-order valence-electron chi connectivity index (χ3n) is 3.78. The van der Waals surface area contributed by atoms with Crippen LogP contribution in [-0.2, 0) is 0 Å². The van der Waals surface area contributed by atoms with Gasteiger partial charge >= 0.3 is 0 Å². The molecule has 5 nitrogen and oxygen atoms in total. The predicted molar refractivity (Wildman–Crippen MR) is 97.9 cm³/mol. The minimum absolute atomic E-state index is 0.143.